The zero-order valence-electron chi connectivity index (χ0n) is 10.1. The van der Waals surface area contributed by atoms with Gasteiger partial charge in [-0.15, -0.1) is 0 Å². The van der Waals surface area contributed by atoms with E-state index in [1.807, 2.05) is 0 Å². The molecule has 0 aliphatic rings. The standard InChI is InChI=1S/C8H19NO7S2/c1-8(17(11,12)7-5-10)2-3-9-4-6-16-18(13,14)15/h8-10H,2-7H2,1H3,(H,13,14,15). The van der Waals surface area contributed by atoms with Gasteiger partial charge in [-0.1, -0.05) is 0 Å². The summed E-state index contributed by atoms with van der Waals surface area (Å²) in [4.78, 5) is 0. The fourth-order valence-corrected chi connectivity index (χ4v) is 2.59. The Kier molecular flexibility index (Phi) is 7.90. The van der Waals surface area contributed by atoms with Gasteiger partial charge in [0.1, 0.15) is 0 Å². The van der Waals surface area contributed by atoms with Crippen LogP contribution in [-0.2, 0) is 24.4 Å². The summed E-state index contributed by atoms with van der Waals surface area (Å²) in [5.74, 6) is -0.264. The molecule has 0 spiro atoms. The van der Waals surface area contributed by atoms with Gasteiger partial charge >= 0.3 is 10.4 Å². The number of aliphatic hydroxyl groups is 1. The first-order chi connectivity index (χ1) is 8.19. The van der Waals surface area contributed by atoms with Crippen LogP contribution in [0.2, 0.25) is 0 Å². The van der Waals surface area contributed by atoms with Crippen molar-refractivity contribution >= 4 is 20.2 Å². The predicted octanol–water partition coefficient (Wildman–Crippen LogP) is -1.42. The molecule has 0 fully saturated rings. The maximum atomic E-state index is 11.5. The van der Waals surface area contributed by atoms with E-state index < -0.39 is 32.1 Å². The van der Waals surface area contributed by atoms with Crippen molar-refractivity contribution in [1.82, 2.24) is 5.32 Å². The first kappa shape index (κ1) is 17.7. The number of nitrogens with one attached hydrogen (secondary N) is 1. The van der Waals surface area contributed by atoms with Crippen molar-refractivity contribution in [3.63, 3.8) is 0 Å². The van der Waals surface area contributed by atoms with E-state index in [0.29, 0.717) is 13.0 Å². The van der Waals surface area contributed by atoms with Crippen molar-refractivity contribution in [2.75, 3.05) is 32.1 Å². The summed E-state index contributed by atoms with van der Waals surface area (Å²) in [6, 6.07) is 0. The van der Waals surface area contributed by atoms with Gasteiger partial charge in [-0.25, -0.2) is 12.6 Å². The van der Waals surface area contributed by atoms with Gasteiger partial charge in [0.05, 0.1) is 24.2 Å². The van der Waals surface area contributed by atoms with Gasteiger partial charge in [-0.2, -0.15) is 8.42 Å². The Morgan fingerprint density at radius 3 is 2.33 bits per heavy atom. The van der Waals surface area contributed by atoms with Crippen molar-refractivity contribution in [3.05, 3.63) is 0 Å². The quantitative estimate of drug-likeness (QED) is 0.331. The molecule has 0 bridgehead atoms. The predicted molar refractivity (Wildman–Crippen MR) is 65.3 cm³/mol. The number of hydrogen-bond donors (Lipinski definition) is 3. The van der Waals surface area contributed by atoms with E-state index in [-0.39, 0.29) is 18.9 Å². The van der Waals surface area contributed by atoms with Crippen molar-refractivity contribution in [1.29, 1.82) is 0 Å². The summed E-state index contributed by atoms with van der Waals surface area (Å²) in [6.45, 7) is 1.45. The van der Waals surface area contributed by atoms with Gasteiger partial charge in [-0.3, -0.25) is 4.55 Å². The molecule has 3 N–H and O–H groups in total. The van der Waals surface area contributed by atoms with Crippen LogP contribution in [0.5, 0.6) is 0 Å². The molecule has 1 unspecified atom stereocenters. The second kappa shape index (κ2) is 8.02. The Hall–Kier alpha value is -0.260. The lowest BCUT2D eigenvalue weighted by molar-refractivity contribution is 0.268. The molecule has 0 aliphatic heterocycles. The first-order valence-corrected chi connectivity index (χ1v) is 8.42. The van der Waals surface area contributed by atoms with Gasteiger partial charge in [0.25, 0.3) is 0 Å². The van der Waals surface area contributed by atoms with Crippen molar-refractivity contribution < 1.29 is 30.7 Å². The summed E-state index contributed by atoms with van der Waals surface area (Å²) in [6.07, 6.45) is 0.341. The van der Waals surface area contributed by atoms with Crippen LogP contribution in [0.4, 0.5) is 0 Å². The highest BCUT2D eigenvalue weighted by Gasteiger charge is 2.19. The first-order valence-electron chi connectivity index (χ1n) is 5.34. The van der Waals surface area contributed by atoms with Crippen LogP contribution in [-0.4, -0.2) is 63.8 Å². The number of rotatable bonds is 10. The van der Waals surface area contributed by atoms with E-state index in [2.05, 4.69) is 9.50 Å². The minimum Gasteiger partial charge on any atom is -0.395 e. The summed E-state index contributed by atoms with van der Waals surface area (Å²) >= 11 is 0. The molecule has 8 nitrogen and oxygen atoms in total. The van der Waals surface area contributed by atoms with Gasteiger partial charge in [0.2, 0.25) is 0 Å². The fourth-order valence-electron chi connectivity index (χ4n) is 1.16. The molecule has 1 atom stereocenters. The van der Waals surface area contributed by atoms with E-state index in [9.17, 15) is 16.8 Å². The molecule has 0 heterocycles. The highest BCUT2D eigenvalue weighted by atomic mass is 32.3. The van der Waals surface area contributed by atoms with Crippen molar-refractivity contribution in [3.8, 4) is 0 Å². The maximum Gasteiger partial charge on any atom is 0.397 e. The average molecular weight is 305 g/mol. The molecule has 18 heavy (non-hydrogen) atoms. The minimum atomic E-state index is -4.42. The smallest absolute Gasteiger partial charge is 0.395 e. The highest BCUT2D eigenvalue weighted by Crippen LogP contribution is 2.05. The monoisotopic (exact) mass is 305 g/mol. The lowest BCUT2D eigenvalue weighted by Gasteiger charge is -2.12. The van der Waals surface area contributed by atoms with Crippen molar-refractivity contribution in [2.24, 2.45) is 0 Å². The summed E-state index contributed by atoms with van der Waals surface area (Å²) in [5, 5.41) is 10.8. The van der Waals surface area contributed by atoms with Crippen LogP contribution >= 0.6 is 0 Å². The van der Waals surface area contributed by atoms with Crippen LogP contribution in [0, 0.1) is 0 Å². The van der Waals surface area contributed by atoms with Gasteiger partial charge in [0.15, 0.2) is 9.84 Å². The summed E-state index contributed by atoms with van der Waals surface area (Å²) < 4.78 is 55.6. The largest absolute Gasteiger partial charge is 0.397 e. The third-order valence-electron chi connectivity index (χ3n) is 2.23. The van der Waals surface area contributed by atoms with Crippen LogP contribution in [0.25, 0.3) is 0 Å². The molecule has 0 saturated heterocycles. The molecule has 110 valence electrons. The van der Waals surface area contributed by atoms with E-state index in [1.54, 1.807) is 6.92 Å². The van der Waals surface area contributed by atoms with Crippen molar-refractivity contribution in [2.45, 2.75) is 18.6 Å². The summed E-state index contributed by atoms with van der Waals surface area (Å²) in [5.41, 5.74) is 0. The van der Waals surface area contributed by atoms with Crippen LogP contribution in [0.3, 0.4) is 0 Å². The second-order valence-electron chi connectivity index (χ2n) is 3.69. The lowest BCUT2D eigenvalue weighted by atomic mass is 10.3. The molecule has 0 radical (unpaired) electrons. The molecule has 0 rings (SSSR count). The van der Waals surface area contributed by atoms with Crippen LogP contribution in [0.1, 0.15) is 13.3 Å². The molecule has 0 aromatic heterocycles. The Morgan fingerprint density at radius 1 is 1.22 bits per heavy atom. The molecule has 10 heteroatoms. The zero-order chi connectivity index (χ0) is 14.2. The van der Waals surface area contributed by atoms with Crippen LogP contribution in [0.15, 0.2) is 0 Å². The SMILES string of the molecule is CC(CCNCCOS(=O)(=O)O)S(=O)(=O)CCO. The fraction of sp³-hybridized carbons (Fsp3) is 1.00. The molecule has 0 aliphatic carbocycles. The van der Waals surface area contributed by atoms with E-state index in [4.69, 9.17) is 9.66 Å². The molecule has 0 aromatic rings. The second-order valence-corrected chi connectivity index (χ2v) is 7.32. The molecular formula is C8H19NO7S2. The van der Waals surface area contributed by atoms with E-state index >= 15 is 0 Å². The number of sulfone groups is 1. The molecule has 0 aromatic carbocycles. The number of aliphatic hydroxyl groups excluding tert-OH is 1. The maximum absolute atomic E-state index is 11.5. The topological polar surface area (TPSA) is 130 Å². The Labute approximate surface area is 107 Å². The minimum absolute atomic E-state index is 0.173. The van der Waals surface area contributed by atoms with Gasteiger partial charge in [-0.05, 0) is 19.9 Å². The third-order valence-corrected chi connectivity index (χ3v) is 4.91. The number of hydrogen-bond acceptors (Lipinski definition) is 7. The highest BCUT2D eigenvalue weighted by molar-refractivity contribution is 7.92. The Morgan fingerprint density at radius 2 is 1.83 bits per heavy atom. The van der Waals surface area contributed by atoms with E-state index in [0.717, 1.165) is 0 Å². The molecule has 0 saturated carbocycles. The van der Waals surface area contributed by atoms with E-state index in [1.165, 1.54) is 0 Å². The normalized spacial score (nSPS) is 14.6. The van der Waals surface area contributed by atoms with Gasteiger partial charge < -0.3 is 10.4 Å². The molecule has 0 amide bonds. The average Bonchev–Trinajstić information content (AvgIpc) is 2.21. The van der Waals surface area contributed by atoms with Gasteiger partial charge in [0, 0.05) is 6.54 Å². The zero-order valence-corrected chi connectivity index (χ0v) is 11.7. The third kappa shape index (κ3) is 8.78. The Balaban J connectivity index is 3.73. The lowest BCUT2D eigenvalue weighted by Crippen LogP contribution is -2.29. The van der Waals surface area contributed by atoms with Crippen LogP contribution < -0.4 is 5.32 Å². The summed E-state index contributed by atoms with van der Waals surface area (Å²) in [7, 11) is -7.71. The Bertz CT molecular complexity index is 417. The molecular weight excluding hydrogens is 286 g/mol.